The maximum absolute atomic E-state index is 11.0. The van der Waals surface area contributed by atoms with Crippen LogP contribution in [0, 0.1) is 0 Å². The molecule has 0 saturated heterocycles. The third-order valence-corrected chi connectivity index (χ3v) is 2.78. The summed E-state index contributed by atoms with van der Waals surface area (Å²) in [5, 5.41) is 1.07. The van der Waals surface area contributed by atoms with Gasteiger partial charge in [0, 0.05) is 28.5 Å². The quantitative estimate of drug-likeness (QED) is 0.609. The van der Waals surface area contributed by atoms with Gasteiger partial charge in [0.1, 0.15) is 0 Å². The molecule has 2 rings (SSSR count). The number of pyridine rings is 1. The largest absolute Gasteiger partial charge is 0.463 e. The molecule has 0 amide bonds. The second-order valence-corrected chi connectivity index (χ2v) is 4.62. The fraction of sp³-hybridized carbons (Fsp3) is 0.125. The Hall–Kier alpha value is -1.84. The van der Waals surface area contributed by atoms with Crippen LogP contribution in [0.3, 0.4) is 0 Å². The first-order valence-electron chi connectivity index (χ1n) is 6.28. The molecular weight excluding hydrogens is 309 g/mol. The van der Waals surface area contributed by atoms with E-state index in [1.807, 2.05) is 18.2 Å². The molecule has 0 spiro atoms. The molecule has 110 valence electrons. The van der Waals surface area contributed by atoms with Crippen molar-refractivity contribution in [1.82, 2.24) is 4.98 Å². The highest BCUT2D eigenvalue weighted by molar-refractivity contribution is 6.35. The Balaban J connectivity index is 0.000000304. The summed E-state index contributed by atoms with van der Waals surface area (Å²) in [6, 6.07) is 10.8. The van der Waals surface area contributed by atoms with Crippen LogP contribution in [0.4, 0.5) is 0 Å². The molecule has 0 bridgehead atoms. The Morgan fingerprint density at radius 1 is 1.24 bits per heavy atom. The zero-order valence-corrected chi connectivity index (χ0v) is 13.0. The number of rotatable bonds is 3. The Kier molecular flexibility index (Phi) is 8.17. The van der Waals surface area contributed by atoms with Crippen molar-refractivity contribution in [2.45, 2.75) is 6.92 Å². The minimum Gasteiger partial charge on any atom is -0.463 e. The highest BCUT2D eigenvalue weighted by atomic mass is 35.5. The lowest BCUT2D eigenvalue weighted by atomic mass is 10.2. The maximum atomic E-state index is 11.0. The number of benzene rings is 1. The van der Waals surface area contributed by atoms with E-state index in [0.717, 1.165) is 5.56 Å². The van der Waals surface area contributed by atoms with Gasteiger partial charge in [-0.3, -0.25) is 4.98 Å². The molecule has 0 aliphatic heterocycles. The maximum Gasteiger partial charge on any atom is 0.330 e. The topological polar surface area (TPSA) is 39.2 Å². The summed E-state index contributed by atoms with van der Waals surface area (Å²) in [4.78, 5) is 14.8. The average Bonchev–Trinajstić information content (AvgIpc) is 2.49. The van der Waals surface area contributed by atoms with Crippen molar-refractivity contribution in [3.05, 3.63) is 70.5 Å². The molecule has 0 aliphatic rings. The first-order valence-corrected chi connectivity index (χ1v) is 7.04. The normalized spacial score (nSPS) is 9.86. The van der Waals surface area contributed by atoms with Crippen LogP contribution in [-0.2, 0) is 9.53 Å². The molecule has 0 unspecified atom stereocenters. The first-order chi connectivity index (χ1) is 10.1. The standard InChI is InChI=1S/C11H10Cl2O2.C5H5N/c1-2-15-11(14)6-4-8-3-5-9(12)7-10(8)13;1-2-4-6-5-3-1/h3-7H,2H2,1H3;1-5H. The van der Waals surface area contributed by atoms with Gasteiger partial charge < -0.3 is 4.74 Å². The number of hydrogen-bond acceptors (Lipinski definition) is 3. The van der Waals surface area contributed by atoms with Crippen molar-refractivity contribution in [1.29, 1.82) is 0 Å². The fourth-order valence-electron chi connectivity index (χ4n) is 1.30. The van der Waals surface area contributed by atoms with Crippen LogP contribution in [0.1, 0.15) is 12.5 Å². The van der Waals surface area contributed by atoms with Gasteiger partial charge in [-0.1, -0.05) is 35.3 Å². The van der Waals surface area contributed by atoms with Gasteiger partial charge in [0.15, 0.2) is 0 Å². The van der Waals surface area contributed by atoms with Gasteiger partial charge in [-0.15, -0.1) is 0 Å². The molecule has 0 N–H and O–H groups in total. The summed E-state index contributed by atoms with van der Waals surface area (Å²) in [6.07, 6.45) is 6.43. The lowest BCUT2D eigenvalue weighted by Crippen LogP contribution is -1.98. The third-order valence-electron chi connectivity index (χ3n) is 2.21. The number of halogens is 2. The number of nitrogens with zero attached hydrogens (tertiary/aromatic N) is 1. The predicted octanol–water partition coefficient (Wildman–Crippen LogP) is 4.65. The van der Waals surface area contributed by atoms with Crippen LogP contribution in [0.25, 0.3) is 6.08 Å². The second-order valence-electron chi connectivity index (χ2n) is 3.78. The van der Waals surface area contributed by atoms with E-state index < -0.39 is 0 Å². The molecule has 21 heavy (non-hydrogen) atoms. The molecule has 1 aromatic carbocycles. The van der Waals surface area contributed by atoms with Crippen molar-refractivity contribution in [3.63, 3.8) is 0 Å². The minimum absolute atomic E-state index is 0.359. The van der Waals surface area contributed by atoms with E-state index in [0.29, 0.717) is 16.7 Å². The smallest absolute Gasteiger partial charge is 0.330 e. The molecule has 1 aromatic heterocycles. The molecular formula is C16H15Cl2NO2. The second kappa shape index (κ2) is 9.97. The van der Waals surface area contributed by atoms with E-state index >= 15 is 0 Å². The van der Waals surface area contributed by atoms with Crippen LogP contribution in [0.2, 0.25) is 10.0 Å². The average molecular weight is 324 g/mol. The van der Waals surface area contributed by atoms with Crippen LogP contribution < -0.4 is 0 Å². The zero-order chi connectivity index (χ0) is 15.5. The highest BCUT2D eigenvalue weighted by Gasteiger charge is 1.99. The minimum atomic E-state index is -0.386. The van der Waals surface area contributed by atoms with Crippen molar-refractivity contribution in [2.75, 3.05) is 6.61 Å². The molecule has 0 atom stereocenters. The van der Waals surface area contributed by atoms with Gasteiger partial charge in [-0.25, -0.2) is 4.79 Å². The van der Waals surface area contributed by atoms with E-state index in [2.05, 4.69) is 4.98 Å². The lowest BCUT2D eigenvalue weighted by Gasteiger charge is -1.98. The Morgan fingerprint density at radius 2 is 1.95 bits per heavy atom. The lowest BCUT2D eigenvalue weighted by molar-refractivity contribution is -0.137. The molecule has 1 heterocycles. The van der Waals surface area contributed by atoms with Crippen molar-refractivity contribution < 1.29 is 9.53 Å². The van der Waals surface area contributed by atoms with E-state index in [9.17, 15) is 4.79 Å². The summed E-state index contributed by atoms with van der Waals surface area (Å²) in [5.41, 5.74) is 0.731. The van der Waals surface area contributed by atoms with Gasteiger partial charge in [-0.05, 0) is 42.8 Å². The van der Waals surface area contributed by atoms with E-state index in [1.54, 1.807) is 43.6 Å². The predicted molar refractivity (Wildman–Crippen MR) is 86.4 cm³/mol. The van der Waals surface area contributed by atoms with Gasteiger partial charge in [0.25, 0.3) is 0 Å². The summed E-state index contributed by atoms with van der Waals surface area (Å²) >= 11 is 11.6. The van der Waals surface area contributed by atoms with Crippen molar-refractivity contribution in [3.8, 4) is 0 Å². The Bertz CT molecular complexity index is 559. The molecule has 2 aromatic rings. The van der Waals surface area contributed by atoms with Crippen LogP contribution in [0.15, 0.2) is 54.9 Å². The zero-order valence-electron chi connectivity index (χ0n) is 11.5. The SMILES string of the molecule is CCOC(=O)C=Cc1ccc(Cl)cc1Cl.c1ccncc1. The molecule has 5 heteroatoms. The summed E-state index contributed by atoms with van der Waals surface area (Å²) < 4.78 is 4.73. The number of hydrogen-bond donors (Lipinski definition) is 0. The fourth-order valence-corrected chi connectivity index (χ4v) is 1.77. The van der Waals surface area contributed by atoms with Gasteiger partial charge in [0.05, 0.1) is 6.61 Å². The third kappa shape index (κ3) is 7.49. The van der Waals surface area contributed by atoms with E-state index in [1.165, 1.54) is 6.08 Å². The van der Waals surface area contributed by atoms with Crippen molar-refractivity contribution in [2.24, 2.45) is 0 Å². The van der Waals surface area contributed by atoms with E-state index in [-0.39, 0.29) is 5.97 Å². The monoisotopic (exact) mass is 323 g/mol. The molecule has 3 nitrogen and oxygen atoms in total. The van der Waals surface area contributed by atoms with Gasteiger partial charge in [0.2, 0.25) is 0 Å². The Labute approximate surface area is 134 Å². The molecule has 0 aliphatic carbocycles. The Morgan fingerprint density at radius 3 is 2.43 bits per heavy atom. The van der Waals surface area contributed by atoms with Crippen molar-refractivity contribution >= 4 is 35.2 Å². The van der Waals surface area contributed by atoms with Gasteiger partial charge in [-0.2, -0.15) is 0 Å². The summed E-state index contributed by atoms with van der Waals surface area (Å²) in [5.74, 6) is -0.386. The van der Waals surface area contributed by atoms with Gasteiger partial charge >= 0.3 is 5.97 Å². The van der Waals surface area contributed by atoms with E-state index in [4.69, 9.17) is 27.9 Å². The number of carbonyl (C=O) groups excluding carboxylic acids is 1. The summed E-state index contributed by atoms with van der Waals surface area (Å²) in [7, 11) is 0. The number of esters is 1. The molecule has 0 radical (unpaired) electrons. The number of carbonyl (C=O) groups is 1. The molecule has 0 saturated carbocycles. The summed E-state index contributed by atoms with van der Waals surface area (Å²) in [6.45, 7) is 2.11. The van der Waals surface area contributed by atoms with Crippen LogP contribution in [0.5, 0.6) is 0 Å². The highest BCUT2D eigenvalue weighted by Crippen LogP contribution is 2.21. The number of ether oxygens (including phenoxy) is 1. The number of aromatic nitrogens is 1. The molecule has 0 fully saturated rings. The van der Waals surface area contributed by atoms with Crippen LogP contribution in [-0.4, -0.2) is 17.6 Å². The first kappa shape index (κ1) is 17.2. The van der Waals surface area contributed by atoms with Crippen LogP contribution >= 0.6 is 23.2 Å².